The Morgan fingerprint density at radius 1 is 1.06 bits per heavy atom. The maximum atomic E-state index is 12.4. The Morgan fingerprint density at radius 2 is 1.71 bits per heavy atom. The molecule has 0 saturated heterocycles. The van der Waals surface area contributed by atoms with Crippen molar-refractivity contribution in [3.05, 3.63) is 88.7 Å². The van der Waals surface area contributed by atoms with Gasteiger partial charge in [0.25, 0.3) is 0 Å². The second-order valence-corrected chi connectivity index (χ2v) is 9.84. The van der Waals surface area contributed by atoms with Crippen LogP contribution in [0.4, 0.5) is 15.8 Å². The molecule has 0 fully saturated rings. The molecule has 2 N–H and O–H groups in total. The predicted octanol–water partition coefficient (Wildman–Crippen LogP) is 6.98. The number of halogens is 2. The highest BCUT2D eigenvalue weighted by Gasteiger charge is 2.19. The quantitative estimate of drug-likeness (QED) is 0.259. The van der Waals surface area contributed by atoms with E-state index in [1.54, 1.807) is 18.8 Å². The molecule has 0 unspecified atom stereocenters. The Bertz CT molecular complexity index is 1090. The minimum Gasteiger partial charge on any atom is -0.387 e. The first-order valence-electron chi connectivity index (χ1n) is 10.9. The summed E-state index contributed by atoms with van der Waals surface area (Å²) in [7, 11) is 1.70. The molecule has 0 aliphatic carbocycles. The van der Waals surface area contributed by atoms with Gasteiger partial charge in [-0.25, -0.2) is 4.39 Å². The van der Waals surface area contributed by atoms with Gasteiger partial charge in [0.15, 0.2) is 0 Å². The molecular formula is C27H30ClFN2O2S. The summed E-state index contributed by atoms with van der Waals surface area (Å²) in [5.74, 6) is 0.707. The third-order valence-electron chi connectivity index (χ3n) is 5.00. The van der Waals surface area contributed by atoms with Crippen molar-refractivity contribution in [2.75, 3.05) is 23.4 Å². The zero-order valence-corrected chi connectivity index (χ0v) is 21.4. The Labute approximate surface area is 210 Å². The van der Waals surface area contributed by atoms with Crippen LogP contribution < -0.4 is 10.6 Å². The summed E-state index contributed by atoms with van der Waals surface area (Å²) < 4.78 is 12.4. The fraction of sp³-hybridized carbons (Fsp3) is 0.259. The third kappa shape index (κ3) is 8.50. The lowest BCUT2D eigenvalue weighted by atomic mass is 9.86. The van der Waals surface area contributed by atoms with Crippen LogP contribution in [0.1, 0.15) is 31.9 Å². The van der Waals surface area contributed by atoms with Gasteiger partial charge in [-0.05, 0) is 73.2 Å². The van der Waals surface area contributed by atoms with Gasteiger partial charge >= 0.3 is 0 Å². The molecule has 1 amide bonds. The van der Waals surface area contributed by atoms with Crippen molar-refractivity contribution >= 4 is 46.9 Å². The van der Waals surface area contributed by atoms with Crippen molar-refractivity contribution in [2.24, 2.45) is 0 Å². The lowest BCUT2D eigenvalue weighted by Crippen LogP contribution is -2.19. The van der Waals surface area contributed by atoms with Crippen molar-refractivity contribution in [3.8, 4) is 0 Å². The van der Waals surface area contributed by atoms with Crippen LogP contribution >= 0.6 is 23.4 Å². The topological polar surface area (TPSA) is 58.2 Å². The molecule has 0 saturated carbocycles. The van der Waals surface area contributed by atoms with E-state index in [2.05, 4.69) is 17.6 Å². The van der Waals surface area contributed by atoms with E-state index >= 15 is 0 Å². The van der Waals surface area contributed by atoms with E-state index in [1.165, 1.54) is 23.1 Å². The van der Waals surface area contributed by atoms with Crippen LogP contribution in [0.3, 0.4) is 0 Å². The van der Waals surface area contributed by atoms with Crippen molar-refractivity contribution in [1.29, 1.82) is 0 Å². The van der Waals surface area contributed by atoms with Crippen molar-refractivity contribution in [3.63, 3.8) is 0 Å². The maximum absolute atomic E-state index is 12.4. The average Bonchev–Trinajstić information content (AvgIpc) is 2.83. The van der Waals surface area contributed by atoms with Gasteiger partial charge < -0.3 is 15.4 Å². The normalized spacial score (nSPS) is 10.6. The number of aldehydes is 1. The van der Waals surface area contributed by atoms with E-state index in [9.17, 15) is 14.0 Å². The number of benzene rings is 3. The zero-order valence-electron chi connectivity index (χ0n) is 19.8. The smallest absolute Gasteiger partial charge is 0.228 e. The largest absolute Gasteiger partial charge is 0.387 e. The van der Waals surface area contributed by atoms with Gasteiger partial charge in [-0.15, -0.1) is 11.8 Å². The van der Waals surface area contributed by atoms with Crippen LogP contribution in [0.25, 0.3) is 0 Å². The monoisotopic (exact) mass is 500 g/mol. The summed E-state index contributed by atoms with van der Waals surface area (Å²) in [5.41, 5.74) is 2.76. The molecule has 7 heteroatoms. The van der Waals surface area contributed by atoms with E-state index < -0.39 is 5.41 Å². The summed E-state index contributed by atoms with van der Waals surface area (Å²) >= 11 is 7.45. The molecule has 0 aromatic heterocycles. The van der Waals surface area contributed by atoms with Crippen LogP contribution in [0.5, 0.6) is 0 Å². The van der Waals surface area contributed by atoms with Crippen molar-refractivity contribution in [1.82, 2.24) is 0 Å². The van der Waals surface area contributed by atoms with Crippen LogP contribution in [-0.2, 0) is 21.4 Å². The SMILES string of the molecule is CCSc1ccc(CC(=O)Nc2ccc(C(C)(C)C=O)cc2)cc1.CNc1cc(F)ccc1Cl. The fourth-order valence-corrected chi connectivity index (χ4v) is 3.87. The highest BCUT2D eigenvalue weighted by Crippen LogP contribution is 2.23. The number of nitrogens with one attached hydrogen (secondary N) is 2. The second-order valence-electron chi connectivity index (χ2n) is 8.09. The molecule has 0 aliphatic heterocycles. The summed E-state index contributed by atoms with van der Waals surface area (Å²) in [4.78, 5) is 24.5. The van der Waals surface area contributed by atoms with Gasteiger partial charge in [-0.1, -0.05) is 42.8 Å². The van der Waals surface area contributed by atoms with E-state index in [1.807, 2.05) is 62.4 Å². The number of hydrogen-bond acceptors (Lipinski definition) is 4. The number of amides is 1. The summed E-state index contributed by atoms with van der Waals surface area (Å²) in [5, 5.41) is 6.19. The van der Waals surface area contributed by atoms with E-state index in [0.717, 1.165) is 28.9 Å². The Hall–Kier alpha value is -2.83. The van der Waals surface area contributed by atoms with Gasteiger partial charge in [0.05, 0.1) is 17.1 Å². The van der Waals surface area contributed by atoms with Gasteiger partial charge in [0, 0.05) is 23.0 Å². The molecule has 3 aromatic rings. The van der Waals surface area contributed by atoms with Gasteiger partial charge in [-0.3, -0.25) is 4.79 Å². The molecule has 180 valence electrons. The van der Waals surface area contributed by atoms with Crippen LogP contribution in [0.2, 0.25) is 5.02 Å². The first kappa shape index (κ1) is 27.4. The Morgan fingerprint density at radius 3 is 2.24 bits per heavy atom. The fourth-order valence-electron chi connectivity index (χ4n) is 3.00. The van der Waals surface area contributed by atoms with Gasteiger partial charge in [-0.2, -0.15) is 0 Å². The number of carbonyl (C=O) groups is 2. The third-order valence-corrected chi connectivity index (χ3v) is 6.23. The molecule has 3 aromatic carbocycles. The van der Waals surface area contributed by atoms with E-state index in [-0.39, 0.29) is 11.7 Å². The summed E-state index contributed by atoms with van der Waals surface area (Å²) in [6, 6.07) is 19.7. The molecule has 0 bridgehead atoms. The van der Waals surface area contributed by atoms with Crippen molar-refractivity contribution in [2.45, 2.75) is 37.5 Å². The standard InChI is InChI=1S/C20H23NO2S.C7H7ClFN/c1-4-24-18-11-5-15(6-12-18)13-19(23)21-17-9-7-16(8-10-17)20(2,3)14-22;1-10-7-4-5(9)2-3-6(7)8/h5-12,14H,4,13H2,1-3H3,(H,21,23);2-4,10H,1H3. The van der Waals surface area contributed by atoms with Crippen LogP contribution in [0.15, 0.2) is 71.6 Å². The average molecular weight is 501 g/mol. The van der Waals surface area contributed by atoms with E-state index in [0.29, 0.717) is 17.1 Å². The Kier molecular flexibility index (Phi) is 10.6. The zero-order chi connectivity index (χ0) is 25.1. The molecule has 0 atom stereocenters. The first-order valence-corrected chi connectivity index (χ1v) is 12.3. The molecule has 0 aliphatic rings. The first-order chi connectivity index (χ1) is 16.2. The molecule has 0 heterocycles. The minimum atomic E-state index is -0.513. The molecule has 4 nitrogen and oxygen atoms in total. The van der Waals surface area contributed by atoms with Crippen molar-refractivity contribution < 1.29 is 14.0 Å². The molecule has 3 rings (SSSR count). The maximum Gasteiger partial charge on any atom is 0.228 e. The molecule has 0 radical (unpaired) electrons. The lowest BCUT2D eigenvalue weighted by Gasteiger charge is -2.17. The highest BCUT2D eigenvalue weighted by molar-refractivity contribution is 7.99. The van der Waals surface area contributed by atoms with E-state index in [4.69, 9.17) is 11.6 Å². The number of rotatable bonds is 8. The van der Waals surface area contributed by atoms with Crippen LogP contribution in [0, 0.1) is 5.82 Å². The minimum absolute atomic E-state index is 0.0479. The highest BCUT2D eigenvalue weighted by atomic mass is 35.5. The summed E-state index contributed by atoms with van der Waals surface area (Å²) in [6.45, 7) is 5.86. The molecule has 0 spiro atoms. The van der Waals surface area contributed by atoms with Crippen LogP contribution in [-0.4, -0.2) is 25.0 Å². The lowest BCUT2D eigenvalue weighted by molar-refractivity contribution is -0.115. The van der Waals surface area contributed by atoms with Gasteiger partial charge in [0.2, 0.25) is 5.91 Å². The number of anilines is 2. The number of carbonyl (C=O) groups excluding carboxylic acids is 2. The number of thioether (sulfide) groups is 1. The predicted molar refractivity (Wildman–Crippen MR) is 142 cm³/mol. The Balaban J connectivity index is 0.000000340. The molecular weight excluding hydrogens is 471 g/mol. The summed E-state index contributed by atoms with van der Waals surface area (Å²) in [6.07, 6.45) is 1.28. The number of hydrogen-bond donors (Lipinski definition) is 2. The molecule has 34 heavy (non-hydrogen) atoms. The second kappa shape index (κ2) is 13.2. The van der Waals surface area contributed by atoms with Gasteiger partial charge in [0.1, 0.15) is 12.1 Å².